The fraction of sp³-hybridized carbons (Fsp3) is 0.0625. The molecule has 0 unspecified atom stereocenters. The van der Waals surface area contributed by atoms with E-state index in [-0.39, 0.29) is 11.7 Å². The van der Waals surface area contributed by atoms with E-state index < -0.39 is 0 Å². The number of aromatic hydroxyl groups is 1. The van der Waals surface area contributed by atoms with Crippen LogP contribution in [0.5, 0.6) is 5.75 Å². The molecular formula is C16H13NO2. The summed E-state index contributed by atoms with van der Waals surface area (Å²) in [6, 6.07) is 14.8. The zero-order chi connectivity index (χ0) is 13.4. The van der Waals surface area contributed by atoms with E-state index in [2.05, 4.69) is 6.58 Å². The monoisotopic (exact) mass is 251 g/mol. The number of carbonyl (C=O) groups is 1. The average Bonchev–Trinajstić information content (AvgIpc) is 2.66. The fourth-order valence-electron chi connectivity index (χ4n) is 2.34. The molecule has 0 aliphatic carbocycles. The maximum atomic E-state index is 12.3. The Balaban J connectivity index is 1.97. The largest absolute Gasteiger partial charge is 0.507 e. The molecule has 94 valence electrons. The van der Waals surface area contributed by atoms with Crippen molar-refractivity contribution in [3.8, 4) is 5.75 Å². The number of hydrogen-bond acceptors (Lipinski definition) is 2. The molecule has 0 fully saturated rings. The Morgan fingerprint density at radius 2 is 1.79 bits per heavy atom. The van der Waals surface area contributed by atoms with Gasteiger partial charge in [0.2, 0.25) is 0 Å². The number of phenolic OH excluding ortho intramolecular Hbond substituents is 1. The highest BCUT2D eigenvalue weighted by Gasteiger charge is 2.33. The van der Waals surface area contributed by atoms with E-state index in [1.54, 1.807) is 17.0 Å². The lowest BCUT2D eigenvalue weighted by Gasteiger charge is -2.17. The molecule has 1 aliphatic heterocycles. The van der Waals surface area contributed by atoms with Crippen LogP contribution in [0.15, 0.2) is 55.1 Å². The number of nitrogens with zero attached hydrogens (tertiary/aromatic N) is 1. The Labute approximate surface area is 111 Å². The van der Waals surface area contributed by atoms with Gasteiger partial charge < -0.3 is 10.0 Å². The normalized spacial score (nSPS) is 13.8. The molecule has 0 radical (unpaired) electrons. The summed E-state index contributed by atoms with van der Waals surface area (Å²) in [4.78, 5) is 13.9. The predicted molar refractivity (Wildman–Crippen MR) is 73.5 cm³/mol. The van der Waals surface area contributed by atoms with Gasteiger partial charge >= 0.3 is 0 Å². The van der Waals surface area contributed by atoms with Crippen LogP contribution in [0.3, 0.4) is 0 Å². The average molecular weight is 251 g/mol. The van der Waals surface area contributed by atoms with Crippen molar-refractivity contribution in [2.24, 2.45) is 0 Å². The molecule has 1 N–H and O–H groups in total. The Morgan fingerprint density at radius 1 is 1.05 bits per heavy atom. The SMILES string of the molecule is C=C1c2cccc(O)c2C(=O)N1Cc1ccccc1. The van der Waals surface area contributed by atoms with Crippen LogP contribution in [-0.2, 0) is 6.54 Å². The minimum atomic E-state index is -0.193. The first-order chi connectivity index (χ1) is 9.18. The molecule has 1 amide bonds. The molecule has 0 saturated heterocycles. The number of amides is 1. The maximum absolute atomic E-state index is 12.3. The molecule has 3 rings (SSSR count). The zero-order valence-electron chi connectivity index (χ0n) is 10.3. The molecule has 1 aliphatic rings. The first-order valence-corrected chi connectivity index (χ1v) is 6.05. The third-order valence-corrected chi connectivity index (χ3v) is 3.32. The third kappa shape index (κ3) is 1.80. The highest BCUT2D eigenvalue weighted by atomic mass is 16.3. The molecule has 2 aromatic carbocycles. The molecule has 0 atom stereocenters. The summed E-state index contributed by atoms with van der Waals surface area (Å²) >= 11 is 0. The number of fused-ring (bicyclic) bond motifs is 1. The van der Waals surface area contributed by atoms with Gasteiger partial charge in [-0.05, 0) is 11.6 Å². The van der Waals surface area contributed by atoms with Gasteiger partial charge in [-0.25, -0.2) is 0 Å². The lowest BCUT2D eigenvalue weighted by molar-refractivity contribution is 0.0841. The number of hydrogen-bond donors (Lipinski definition) is 1. The molecule has 19 heavy (non-hydrogen) atoms. The minimum Gasteiger partial charge on any atom is -0.507 e. The van der Waals surface area contributed by atoms with E-state index in [9.17, 15) is 9.90 Å². The van der Waals surface area contributed by atoms with Crippen molar-refractivity contribution in [3.05, 3.63) is 71.8 Å². The molecule has 0 aromatic heterocycles. The molecule has 3 nitrogen and oxygen atoms in total. The van der Waals surface area contributed by atoms with Gasteiger partial charge in [0.05, 0.1) is 12.1 Å². The van der Waals surface area contributed by atoms with Crippen molar-refractivity contribution in [1.29, 1.82) is 0 Å². The summed E-state index contributed by atoms with van der Waals surface area (Å²) in [6.45, 7) is 4.42. The van der Waals surface area contributed by atoms with Crippen molar-refractivity contribution in [2.75, 3.05) is 0 Å². The third-order valence-electron chi connectivity index (χ3n) is 3.32. The van der Waals surface area contributed by atoms with Crippen LogP contribution in [0, 0.1) is 0 Å². The van der Waals surface area contributed by atoms with Gasteiger partial charge in [0.15, 0.2) is 0 Å². The predicted octanol–water partition coefficient (Wildman–Crippen LogP) is 3.02. The van der Waals surface area contributed by atoms with E-state index in [0.717, 1.165) is 5.56 Å². The Bertz CT molecular complexity index is 662. The second-order valence-electron chi connectivity index (χ2n) is 4.52. The second-order valence-corrected chi connectivity index (χ2v) is 4.52. The maximum Gasteiger partial charge on any atom is 0.263 e. The minimum absolute atomic E-state index is 0.0132. The summed E-state index contributed by atoms with van der Waals surface area (Å²) in [5.74, 6) is -0.179. The number of carbonyl (C=O) groups excluding carboxylic acids is 1. The van der Waals surface area contributed by atoms with Crippen molar-refractivity contribution in [2.45, 2.75) is 6.54 Å². The van der Waals surface area contributed by atoms with E-state index in [4.69, 9.17) is 0 Å². The fourth-order valence-corrected chi connectivity index (χ4v) is 2.34. The van der Waals surface area contributed by atoms with Crippen LogP contribution in [0.25, 0.3) is 5.70 Å². The van der Waals surface area contributed by atoms with Crippen molar-refractivity contribution in [1.82, 2.24) is 4.90 Å². The molecule has 0 bridgehead atoms. The summed E-state index contributed by atoms with van der Waals surface area (Å²) < 4.78 is 0. The van der Waals surface area contributed by atoms with Crippen LogP contribution >= 0.6 is 0 Å². The van der Waals surface area contributed by atoms with Crippen LogP contribution in [0.4, 0.5) is 0 Å². The summed E-state index contributed by atoms with van der Waals surface area (Å²) in [5.41, 5.74) is 2.73. The van der Waals surface area contributed by atoms with E-state index in [1.807, 2.05) is 30.3 Å². The second kappa shape index (κ2) is 4.28. The molecule has 0 saturated carbocycles. The van der Waals surface area contributed by atoms with E-state index in [0.29, 0.717) is 23.4 Å². The lowest BCUT2D eigenvalue weighted by Crippen LogP contribution is -2.22. The summed E-state index contributed by atoms with van der Waals surface area (Å²) in [5, 5.41) is 9.81. The highest BCUT2D eigenvalue weighted by molar-refractivity contribution is 6.10. The van der Waals surface area contributed by atoms with Crippen molar-refractivity contribution in [3.63, 3.8) is 0 Å². The summed E-state index contributed by atoms with van der Waals surface area (Å²) in [6.07, 6.45) is 0. The molecule has 2 aromatic rings. The molecule has 3 heteroatoms. The van der Waals surface area contributed by atoms with Gasteiger partial charge in [0, 0.05) is 11.3 Å². The van der Waals surface area contributed by atoms with Gasteiger partial charge in [-0.3, -0.25) is 4.79 Å². The first kappa shape index (κ1) is 11.5. The highest BCUT2D eigenvalue weighted by Crippen LogP contribution is 2.37. The summed E-state index contributed by atoms with van der Waals surface area (Å²) in [7, 11) is 0. The molecular weight excluding hydrogens is 238 g/mol. The van der Waals surface area contributed by atoms with Gasteiger partial charge in [0.1, 0.15) is 5.75 Å². The Kier molecular flexibility index (Phi) is 2.60. The molecule has 0 spiro atoms. The van der Waals surface area contributed by atoms with Crippen molar-refractivity contribution < 1.29 is 9.90 Å². The number of benzene rings is 2. The zero-order valence-corrected chi connectivity index (χ0v) is 10.3. The van der Waals surface area contributed by atoms with Gasteiger partial charge in [0.25, 0.3) is 5.91 Å². The Morgan fingerprint density at radius 3 is 2.47 bits per heavy atom. The standard InChI is InChI=1S/C16H13NO2/c1-11-13-8-5-9-14(18)15(13)16(19)17(11)10-12-6-3-2-4-7-12/h2-9,18H,1,10H2. The first-order valence-electron chi connectivity index (χ1n) is 6.05. The topological polar surface area (TPSA) is 40.5 Å². The molecule has 1 heterocycles. The smallest absolute Gasteiger partial charge is 0.263 e. The van der Waals surface area contributed by atoms with Crippen LogP contribution in [-0.4, -0.2) is 15.9 Å². The Hall–Kier alpha value is -2.55. The van der Waals surface area contributed by atoms with Crippen LogP contribution in [0.1, 0.15) is 21.5 Å². The van der Waals surface area contributed by atoms with Gasteiger partial charge in [-0.2, -0.15) is 0 Å². The van der Waals surface area contributed by atoms with E-state index >= 15 is 0 Å². The van der Waals surface area contributed by atoms with Crippen LogP contribution in [0.2, 0.25) is 0 Å². The lowest BCUT2D eigenvalue weighted by atomic mass is 10.1. The van der Waals surface area contributed by atoms with Gasteiger partial charge in [-0.15, -0.1) is 0 Å². The van der Waals surface area contributed by atoms with Crippen LogP contribution < -0.4 is 0 Å². The number of rotatable bonds is 2. The number of phenols is 1. The van der Waals surface area contributed by atoms with Crippen molar-refractivity contribution >= 4 is 11.6 Å². The van der Waals surface area contributed by atoms with Gasteiger partial charge in [-0.1, -0.05) is 49.0 Å². The quantitative estimate of drug-likeness (QED) is 0.891. The van der Waals surface area contributed by atoms with E-state index in [1.165, 1.54) is 6.07 Å².